The maximum atomic E-state index is 13.5. The van der Waals surface area contributed by atoms with Gasteiger partial charge in [-0.05, 0) is 46.9 Å². The molecule has 2 atom stereocenters. The predicted molar refractivity (Wildman–Crippen MR) is 168 cm³/mol. The van der Waals surface area contributed by atoms with Crippen molar-refractivity contribution >= 4 is 68.7 Å². The largest absolute Gasteiger partial charge is 0.543 e. The zero-order valence-corrected chi connectivity index (χ0v) is 27.2. The van der Waals surface area contributed by atoms with E-state index in [9.17, 15) is 29.4 Å². The van der Waals surface area contributed by atoms with Crippen LogP contribution in [0.15, 0.2) is 47.0 Å². The Hall–Kier alpha value is -4.48. The Bertz CT molecular complexity index is 1780. The summed E-state index contributed by atoms with van der Waals surface area (Å²) < 4.78 is 4.08. The Kier molecular flexibility index (Phi) is 9.37. The lowest BCUT2D eigenvalue weighted by Crippen LogP contribution is -2.71. The van der Waals surface area contributed by atoms with Gasteiger partial charge in [0.05, 0.1) is 11.7 Å². The minimum absolute atomic E-state index is 0.0702. The number of nitrogen functional groups attached to an aromatic ring is 1. The molecule has 15 nitrogen and oxygen atoms in total. The minimum Gasteiger partial charge on any atom is -0.543 e. The number of hydrogen-bond donors (Lipinski definition) is 4. The number of nitrogens with one attached hydrogen (secondary N) is 2. The number of aryl methyl sites for hydroxylation is 2. The highest BCUT2D eigenvalue weighted by Crippen LogP contribution is 2.40. The zero-order chi connectivity index (χ0) is 33.3. The number of rotatable bonds is 13. The van der Waals surface area contributed by atoms with Crippen molar-refractivity contribution in [2.45, 2.75) is 57.3 Å². The first-order valence-corrected chi connectivity index (χ1v) is 16.2. The Labute approximate surface area is 272 Å². The molecule has 0 spiro atoms. The highest BCUT2D eigenvalue weighted by atomic mass is 32.2. The summed E-state index contributed by atoms with van der Waals surface area (Å²) in [6.07, 6.45) is 4.80. The summed E-state index contributed by atoms with van der Waals surface area (Å²) in [5.74, 6) is -4.03. The van der Waals surface area contributed by atoms with Crippen LogP contribution >= 0.6 is 23.1 Å². The van der Waals surface area contributed by atoms with E-state index in [2.05, 4.69) is 25.3 Å². The molecular formula is C29H34N8O7S2. The molecule has 244 valence electrons. The van der Waals surface area contributed by atoms with Crippen LogP contribution in [0.4, 0.5) is 5.13 Å². The molecule has 0 aliphatic carbocycles. The molecule has 5 heterocycles. The van der Waals surface area contributed by atoms with Crippen molar-refractivity contribution in [1.29, 1.82) is 0 Å². The fourth-order valence-electron chi connectivity index (χ4n) is 5.21. The van der Waals surface area contributed by atoms with Crippen molar-refractivity contribution < 1.29 is 38.8 Å². The molecule has 0 aromatic carbocycles. The van der Waals surface area contributed by atoms with Crippen LogP contribution in [0.25, 0.3) is 11.0 Å². The van der Waals surface area contributed by atoms with Crippen LogP contribution in [-0.4, -0.2) is 85.4 Å². The summed E-state index contributed by atoms with van der Waals surface area (Å²) in [7, 11) is 1.91. The zero-order valence-electron chi connectivity index (χ0n) is 25.6. The monoisotopic (exact) mass is 670 g/mol. The molecule has 5 rings (SSSR count). The molecular weight excluding hydrogens is 637 g/mol. The van der Waals surface area contributed by atoms with E-state index in [0.717, 1.165) is 46.8 Å². The fraction of sp³-hybridized carbons (Fsp3) is 0.414. The van der Waals surface area contributed by atoms with Crippen molar-refractivity contribution in [2.24, 2.45) is 5.16 Å². The molecule has 2 aliphatic heterocycles. The SMILES string of the molecule is CNCCCn1ccc2c1ccc[n+]2CC1=C(C(=O)[O-])N2C(=O)C(NC(=O)/C(=N\OC(C)(C)C(=O)O)c3nc(N)sc3C)C2SC1. The van der Waals surface area contributed by atoms with Crippen LogP contribution in [0, 0.1) is 6.92 Å². The number of aliphatic carboxylic acids is 2. The van der Waals surface area contributed by atoms with Crippen LogP contribution in [0.3, 0.4) is 0 Å². The highest BCUT2D eigenvalue weighted by Gasteiger charge is 2.53. The summed E-state index contributed by atoms with van der Waals surface area (Å²) in [4.78, 5) is 61.8. The van der Waals surface area contributed by atoms with Gasteiger partial charge in [-0.1, -0.05) is 5.16 Å². The maximum absolute atomic E-state index is 13.5. The number of pyridine rings is 1. The van der Waals surface area contributed by atoms with Crippen LogP contribution in [0.1, 0.15) is 30.8 Å². The lowest BCUT2D eigenvalue weighted by molar-refractivity contribution is -0.663. The van der Waals surface area contributed by atoms with Crippen molar-refractivity contribution in [2.75, 3.05) is 25.1 Å². The summed E-state index contributed by atoms with van der Waals surface area (Å²) >= 11 is 2.40. The highest BCUT2D eigenvalue weighted by molar-refractivity contribution is 8.00. The molecule has 5 N–H and O–H groups in total. The number of anilines is 1. The molecule has 2 unspecified atom stereocenters. The van der Waals surface area contributed by atoms with E-state index in [0.29, 0.717) is 10.5 Å². The number of oxime groups is 1. The molecule has 2 amide bonds. The van der Waals surface area contributed by atoms with Gasteiger partial charge in [0.1, 0.15) is 22.6 Å². The lowest BCUT2D eigenvalue weighted by Gasteiger charge is -2.50. The summed E-state index contributed by atoms with van der Waals surface area (Å²) in [6, 6.07) is 4.78. The van der Waals surface area contributed by atoms with Crippen LogP contribution in [-0.2, 0) is 37.1 Å². The van der Waals surface area contributed by atoms with Crippen LogP contribution in [0.2, 0.25) is 0 Å². The molecule has 0 radical (unpaired) electrons. The molecule has 1 saturated heterocycles. The number of carbonyl (C=O) groups excluding carboxylic acids is 3. The summed E-state index contributed by atoms with van der Waals surface area (Å²) in [5, 5.41) is 30.8. The number of carbonyl (C=O) groups is 4. The molecule has 0 saturated carbocycles. The van der Waals surface area contributed by atoms with E-state index >= 15 is 0 Å². The molecule has 46 heavy (non-hydrogen) atoms. The normalized spacial score (nSPS) is 18.4. The molecule has 3 aromatic heterocycles. The van der Waals surface area contributed by atoms with Gasteiger partial charge in [0.25, 0.3) is 11.8 Å². The topological polar surface area (TPSA) is 208 Å². The van der Waals surface area contributed by atoms with E-state index in [4.69, 9.17) is 10.6 Å². The number of nitrogens with zero attached hydrogens (tertiary/aromatic N) is 5. The number of carboxylic acid groups (broad SMARTS) is 2. The van der Waals surface area contributed by atoms with E-state index in [1.54, 1.807) is 6.92 Å². The standard InChI is InChI=1S/C29H34N8O7S2/c1-15-19(33-28(30)46-15)20(34-44-29(2,3)27(42)43)23(38)32-21-24(39)37-22(26(40)41)16(14-45-25(21)37)13-36-10-5-7-17-18(36)8-12-35(17)11-6-9-31-4/h5,7-8,10,12,21,25,31H,6,9,11,13-14H2,1-4H3,(H4-,30,32,33,38,40,41,42,43)/b34-20-. The van der Waals surface area contributed by atoms with Gasteiger partial charge in [-0.3, -0.25) is 14.5 Å². The van der Waals surface area contributed by atoms with Gasteiger partial charge >= 0.3 is 5.97 Å². The second kappa shape index (κ2) is 13.1. The maximum Gasteiger partial charge on any atom is 0.350 e. The van der Waals surface area contributed by atoms with Gasteiger partial charge in [-0.2, -0.15) is 4.57 Å². The number of thioether (sulfide) groups is 1. The molecule has 2 aliphatic rings. The fourth-order valence-corrected chi connectivity index (χ4v) is 7.24. The van der Waals surface area contributed by atoms with E-state index in [-0.39, 0.29) is 34.5 Å². The Morgan fingerprint density at radius 1 is 1.33 bits per heavy atom. The Balaban J connectivity index is 1.37. The van der Waals surface area contributed by atoms with Gasteiger partial charge in [0.15, 0.2) is 23.6 Å². The Morgan fingerprint density at radius 3 is 2.74 bits per heavy atom. The van der Waals surface area contributed by atoms with Crippen molar-refractivity contribution in [3.8, 4) is 0 Å². The van der Waals surface area contributed by atoms with Crippen LogP contribution in [0.5, 0.6) is 0 Å². The summed E-state index contributed by atoms with van der Waals surface area (Å²) in [5.41, 5.74) is 5.94. The number of β-lactam (4-membered cyclic amide) rings is 1. The first kappa shape index (κ1) is 32.9. The second-order valence-corrected chi connectivity index (χ2v) is 13.6. The third-order valence-electron chi connectivity index (χ3n) is 7.66. The number of amides is 2. The van der Waals surface area contributed by atoms with Gasteiger partial charge in [-0.25, -0.2) is 9.78 Å². The molecule has 17 heteroatoms. The predicted octanol–water partition coefficient (Wildman–Crippen LogP) is -0.427. The number of carboxylic acids is 2. The first-order chi connectivity index (χ1) is 21.8. The second-order valence-electron chi connectivity index (χ2n) is 11.3. The number of nitrogens with two attached hydrogens (primary N) is 1. The van der Waals surface area contributed by atoms with E-state index in [1.807, 2.05) is 42.2 Å². The minimum atomic E-state index is -1.77. The van der Waals surface area contributed by atoms with Crippen LogP contribution < -0.4 is 26.0 Å². The third-order valence-corrected chi connectivity index (χ3v) is 9.80. The molecule has 3 aromatic rings. The third kappa shape index (κ3) is 6.29. The smallest absolute Gasteiger partial charge is 0.350 e. The Morgan fingerprint density at radius 2 is 2.09 bits per heavy atom. The van der Waals surface area contributed by atoms with Gasteiger partial charge in [0, 0.05) is 41.1 Å². The average molecular weight is 671 g/mol. The number of hydrogen-bond acceptors (Lipinski definition) is 12. The van der Waals surface area contributed by atoms with E-state index < -0.39 is 40.8 Å². The van der Waals surface area contributed by atoms with Crippen molar-refractivity contribution in [3.63, 3.8) is 0 Å². The van der Waals surface area contributed by atoms with E-state index in [1.165, 1.54) is 25.6 Å². The molecule has 1 fully saturated rings. The van der Waals surface area contributed by atoms with Gasteiger partial charge < -0.3 is 40.8 Å². The average Bonchev–Trinajstić information content (AvgIpc) is 3.57. The first-order valence-electron chi connectivity index (χ1n) is 14.4. The lowest BCUT2D eigenvalue weighted by atomic mass is 10.0. The van der Waals surface area contributed by atoms with Crippen molar-refractivity contribution in [1.82, 2.24) is 25.1 Å². The van der Waals surface area contributed by atoms with Gasteiger partial charge in [0.2, 0.25) is 11.1 Å². The quantitative estimate of drug-likeness (QED) is 0.0603. The number of aromatic nitrogens is 3. The molecule has 0 bridgehead atoms. The van der Waals surface area contributed by atoms with Crippen molar-refractivity contribution in [3.05, 3.63) is 52.4 Å². The number of thiazole rings is 1. The summed E-state index contributed by atoms with van der Waals surface area (Å²) in [6.45, 7) is 6.08. The number of fused-ring (bicyclic) bond motifs is 2. The van der Waals surface area contributed by atoms with Gasteiger partial charge in [-0.15, -0.1) is 23.1 Å².